The maximum atomic E-state index is 13.8. The Morgan fingerprint density at radius 3 is 2.41 bits per heavy atom. The largest absolute Gasteiger partial charge is 0.373 e. The number of nitrogens with one attached hydrogen (secondary N) is 2. The molecule has 2 aromatic rings. The predicted molar refractivity (Wildman–Crippen MR) is 85.6 cm³/mol. The van der Waals surface area contributed by atoms with Crippen LogP contribution in [0.4, 0.5) is 25.0 Å². The summed E-state index contributed by atoms with van der Waals surface area (Å²) >= 11 is 1.52. The quantitative estimate of drug-likeness (QED) is 0.893. The van der Waals surface area contributed by atoms with Crippen molar-refractivity contribution in [2.75, 3.05) is 24.3 Å². The Balaban J connectivity index is 2.06. The van der Waals surface area contributed by atoms with Gasteiger partial charge in [0.15, 0.2) is 11.6 Å². The lowest BCUT2D eigenvalue weighted by atomic mass is 10.2. The van der Waals surface area contributed by atoms with E-state index in [-0.39, 0.29) is 17.4 Å². The molecule has 0 radical (unpaired) electrons. The van der Waals surface area contributed by atoms with Crippen LogP contribution in [0.1, 0.15) is 17.8 Å². The second-order valence-electron chi connectivity index (χ2n) is 5.02. The number of carbonyl (C=O) groups excluding carboxylic acids is 1. The molecule has 0 spiro atoms. The van der Waals surface area contributed by atoms with Gasteiger partial charge >= 0.3 is 6.03 Å². The zero-order valence-corrected chi connectivity index (χ0v) is 13.3. The van der Waals surface area contributed by atoms with Crippen molar-refractivity contribution in [1.82, 2.24) is 5.32 Å². The van der Waals surface area contributed by atoms with Gasteiger partial charge in [-0.2, -0.15) is 0 Å². The fourth-order valence-electron chi connectivity index (χ4n) is 2.04. The van der Waals surface area contributed by atoms with Gasteiger partial charge in [0.2, 0.25) is 0 Å². The second kappa shape index (κ2) is 6.74. The van der Waals surface area contributed by atoms with E-state index in [2.05, 4.69) is 10.6 Å². The Labute approximate surface area is 131 Å². The summed E-state index contributed by atoms with van der Waals surface area (Å²) in [7, 11) is 3.09. The van der Waals surface area contributed by atoms with Gasteiger partial charge in [-0.15, -0.1) is 11.3 Å². The Hall–Kier alpha value is -2.15. The highest BCUT2D eigenvalue weighted by Crippen LogP contribution is 2.25. The van der Waals surface area contributed by atoms with Gasteiger partial charge in [-0.25, -0.2) is 13.6 Å². The number of hydrogen-bond acceptors (Lipinski definition) is 3. The minimum absolute atomic E-state index is 0.0662. The van der Waals surface area contributed by atoms with E-state index < -0.39 is 17.7 Å². The molecule has 0 aliphatic rings. The molecule has 4 nitrogen and oxygen atoms in total. The first-order valence-electron chi connectivity index (χ1n) is 6.65. The minimum Gasteiger partial charge on any atom is -0.373 e. The number of nitrogens with zero attached hydrogens (tertiary/aromatic N) is 1. The van der Waals surface area contributed by atoms with Crippen LogP contribution in [0, 0.1) is 11.6 Å². The number of urea groups is 1. The van der Waals surface area contributed by atoms with Crippen LogP contribution in [-0.2, 0) is 0 Å². The number of thiophene rings is 1. The number of amides is 2. The molecule has 0 aliphatic carbocycles. The van der Waals surface area contributed by atoms with Gasteiger partial charge in [0, 0.05) is 24.7 Å². The molecule has 2 N–H and O–H groups in total. The summed E-state index contributed by atoms with van der Waals surface area (Å²) in [5, 5.41) is 7.06. The average molecular weight is 325 g/mol. The lowest BCUT2D eigenvalue weighted by molar-refractivity contribution is 0.249. The molecule has 1 aromatic heterocycles. The van der Waals surface area contributed by atoms with Crippen molar-refractivity contribution >= 4 is 28.7 Å². The van der Waals surface area contributed by atoms with Crippen LogP contribution in [0.2, 0.25) is 0 Å². The lowest BCUT2D eigenvalue weighted by Gasteiger charge is -2.17. The van der Waals surface area contributed by atoms with Crippen molar-refractivity contribution in [2.24, 2.45) is 0 Å². The van der Waals surface area contributed by atoms with Crippen molar-refractivity contribution in [3.05, 3.63) is 46.2 Å². The van der Waals surface area contributed by atoms with Crippen LogP contribution < -0.4 is 15.5 Å². The van der Waals surface area contributed by atoms with Crippen LogP contribution in [-0.4, -0.2) is 20.1 Å². The molecule has 118 valence electrons. The molecule has 7 heteroatoms. The van der Waals surface area contributed by atoms with Gasteiger partial charge in [0.05, 0.1) is 6.04 Å². The van der Waals surface area contributed by atoms with Crippen LogP contribution >= 0.6 is 11.3 Å². The van der Waals surface area contributed by atoms with E-state index in [9.17, 15) is 13.6 Å². The number of rotatable bonds is 4. The van der Waals surface area contributed by atoms with E-state index in [1.54, 1.807) is 14.1 Å². The number of anilines is 2. The third-order valence-electron chi connectivity index (χ3n) is 3.04. The van der Waals surface area contributed by atoms with Gasteiger partial charge in [-0.05, 0) is 30.5 Å². The van der Waals surface area contributed by atoms with E-state index in [0.29, 0.717) is 0 Å². The van der Waals surface area contributed by atoms with Crippen LogP contribution in [0.5, 0.6) is 0 Å². The zero-order chi connectivity index (χ0) is 16.3. The highest BCUT2D eigenvalue weighted by molar-refractivity contribution is 7.10. The smallest absolute Gasteiger partial charge is 0.319 e. The van der Waals surface area contributed by atoms with E-state index in [4.69, 9.17) is 0 Å². The van der Waals surface area contributed by atoms with Gasteiger partial charge < -0.3 is 15.5 Å². The molecule has 1 heterocycles. The van der Waals surface area contributed by atoms with Gasteiger partial charge in [0.25, 0.3) is 0 Å². The molecule has 22 heavy (non-hydrogen) atoms. The van der Waals surface area contributed by atoms with E-state index in [1.165, 1.54) is 16.2 Å². The summed E-state index contributed by atoms with van der Waals surface area (Å²) in [6, 6.07) is 5.27. The van der Waals surface area contributed by atoms with Crippen LogP contribution in [0.25, 0.3) is 0 Å². The molecule has 0 unspecified atom stereocenters. The van der Waals surface area contributed by atoms with Crippen LogP contribution in [0.15, 0.2) is 29.6 Å². The lowest BCUT2D eigenvalue weighted by Crippen LogP contribution is -2.30. The van der Waals surface area contributed by atoms with Crippen molar-refractivity contribution in [3.8, 4) is 0 Å². The maximum absolute atomic E-state index is 13.8. The normalized spacial score (nSPS) is 11.9. The fraction of sp³-hybridized carbons (Fsp3) is 0.267. The predicted octanol–water partition coefficient (Wildman–Crippen LogP) is 3.98. The summed E-state index contributed by atoms with van der Waals surface area (Å²) in [6.45, 7) is 1.84. The second-order valence-corrected chi connectivity index (χ2v) is 6.00. The molecule has 2 rings (SSSR count). The molecule has 0 saturated heterocycles. The van der Waals surface area contributed by atoms with E-state index in [1.807, 2.05) is 24.4 Å². The first kappa shape index (κ1) is 16.2. The summed E-state index contributed by atoms with van der Waals surface area (Å²) in [5.74, 6) is -1.46. The Kier molecular flexibility index (Phi) is 4.97. The SMILES string of the molecule is C[C@@H](NC(=O)Nc1cc(F)c(N(C)C)c(F)c1)c1cccs1. The molecule has 2 amide bonds. The zero-order valence-electron chi connectivity index (χ0n) is 12.5. The summed E-state index contributed by atoms with van der Waals surface area (Å²) in [5.41, 5.74) is -0.0746. The Morgan fingerprint density at radius 2 is 1.91 bits per heavy atom. The fourth-order valence-corrected chi connectivity index (χ4v) is 2.77. The maximum Gasteiger partial charge on any atom is 0.319 e. The first-order chi connectivity index (χ1) is 10.4. The third-order valence-corrected chi connectivity index (χ3v) is 4.09. The van der Waals surface area contributed by atoms with Crippen molar-refractivity contribution < 1.29 is 13.6 Å². The van der Waals surface area contributed by atoms with Crippen molar-refractivity contribution in [3.63, 3.8) is 0 Å². The monoisotopic (exact) mass is 325 g/mol. The average Bonchev–Trinajstić information content (AvgIpc) is 2.90. The molecule has 1 atom stereocenters. The van der Waals surface area contributed by atoms with E-state index in [0.717, 1.165) is 17.0 Å². The first-order valence-corrected chi connectivity index (χ1v) is 7.53. The number of carbonyl (C=O) groups is 1. The van der Waals surface area contributed by atoms with Crippen molar-refractivity contribution in [2.45, 2.75) is 13.0 Å². The summed E-state index contributed by atoms with van der Waals surface area (Å²) in [6.07, 6.45) is 0. The third kappa shape index (κ3) is 3.73. The minimum atomic E-state index is -0.730. The molecule has 0 bridgehead atoms. The van der Waals surface area contributed by atoms with Gasteiger partial charge in [-0.3, -0.25) is 0 Å². The molecule has 1 aromatic carbocycles. The molecular weight excluding hydrogens is 308 g/mol. The number of benzene rings is 1. The summed E-state index contributed by atoms with van der Waals surface area (Å²) in [4.78, 5) is 14.2. The van der Waals surface area contributed by atoms with Gasteiger partial charge in [0.1, 0.15) is 5.69 Å². The number of hydrogen-bond donors (Lipinski definition) is 2. The molecule has 0 fully saturated rings. The topological polar surface area (TPSA) is 44.4 Å². The standard InChI is InChI=1S/C15H17F2N3OS/c1-9(13-5-4-6-22-13)18-15(21)19-10-7-11(16)14(20(2)3)12(17)8-10/h4-9H,1-3H3,(H2,18,19,21)/t9-/m1/s1. The van der Waals surface area contributed by atoms with Crippen molar-refractivity contribution in [1.29, 1.82) is 0 Å². The van der Waals surface area contributed by atoms with Crippen LogP contribution in [0.3, 0.4) is 0 Å². The highest BCUT2D eigenvalue weighted by Gasteiger charge is 2.15. The van der Waals surface area contributed by atoms with E-state index >= 15 is 0 Å². The Bertz CT molecular complexity index is 636. The Morgan fingerprint density at radius 1 is 1.27 bits per heavy atom. The summed E-state index contributed by atoms with van der Waals surface area (Å²) < 4.78 is 27.7. The molecular formula is C15H17F2N3OS. The highest BCUT2D eigenvalue weighted by atomic mass is 32.1. The molecule has 0 aliphatic heterocycles. The number of halogens is 2. The molecule has 0 saturated carbocycles. The van der Waals surface area contributed by atoms with Gasteiger partial charge in [-0.1, -0.05) is 6.07 Å².